The zero-order chi connectivity index (χ0) is 24.8. The second-order valence-electron chi connectivity index (χ2n) is 7.99. The van der Waals surface area contributed by atoms with Crippen LogP contribution >= 0.6 is 0 Å². The average molecular weight is 470 g/mol. The van der Waals surface area contributed by atoms with Crippen molar-refractivity contribution in [3.63, 3.8) is 0 Å². The second kappa shape index (κ2) is 10.6. The summed E-state index contributed by atoms with van der Waals surface area (Å²) in [6, 6.07) is 25.4. The Morgan fingerprint density at radius 3 is 2.06 bits per heavy atom. The monoisotopic (exact) mass is 469 g/mol. The smallest absolute Gasteiger partial charge is 0.255 e. The van der Waals surface area contributed by atoms with E-state index in [0.29, 0.717) is 34.1 Å². The lowest BCUT2D eigenvalue weighted by molar-refractivity contribution is -0.116. The van der Waals surface area contributed by atoms with Gasteiger partial charge in [-0.3, -0.25) is 9.59 Å². The molecule has 7 heteroatoms. The number of benzene rings is 4. The van der Waals surface area contributed by atoms with E-state index in [4.69, 9.17) is 9.47 Å². The molecule has 178 valence electrons. The molecule has 0 aliphatic carbocycles. The van der Waals surface area contributed by atoms with E-state index < -0.39 is 6.04 Å². The first kappa shape index (κ1) is 23.6. The summed E-state index contributed by atoms with van der Waals surface area (Å²) in [5.74, 6) is 0.414. The number of hydrogen-bond donors (Lipinski definition) is 3. The normalized spacial score (nSPS) is 11.4. The Hall–Kier alpha value is -4.52. The molecule has 35 heavy (non-hydrogen) atoms. The van der Waals surface area contributed by atoms with Crippen molar-refractivity contribution in [1.29, 1.82) is 0 Å². The summed E-state index contributed by atoms with van der Waals surface area (Å²) in [5, 5.41) is 11.1. The number of nitrogens with one attached hydrogen (secondary N) is 3. The highest BCUT2D eigenvalue weighted by Crippen LogP contribution is 2.37. The molecule has 0 saturated carbocycles. The van der Waals surface area contributed by atoms with E-state index in [9.17, 15) is 9.59 Å². The van der Waals surface area contributed by atoms with Crippen molar-refractivity contribution < 1.29 is 19.1 Å². The fraction of sp³-hybridized carbons (Fsp3) is 0.143. The van der Waals surface area contributed by atoms with Crippen molar-refractivity contribution in [3.05, 3.63) is 90.5 Å². The van der Waals surface area contributed by atoms with Gasteiger partial charge in [-0.2, -0.15) is 0 Å². The molecule has 4 aromatic carbocycles. The van der Waals surface area contributed by atoms with Gasteiger partial charge in [0, 0.05) is 23.4 Å². The molecule has 1 unspecified atom stereocenters. The van der Waals surface area contributed by atoms with Gasteiger partial charge in [-0.05, 0) is 42.0 Å². The summed E-state index contributed by atoms with van der Waals surface area (Å²) in [6.07, 6.45) is 0. The molecule has 0 radical (unpaired) electrons. The average Bonchev–Trinajstić information content (AvgIpc) is 2.89. The van der Waals surface area contributed by atoms with Gasteiger partial charge in [0.25, 0.3) is 5.91 Å². The lowest BCUT2D eigenvalue weighted by atomic mass is 10.1. The Morgan fingerprint density at radius 1 is 0.714 bits per heavy atom. The summed E-state index contributed by atoms with van der Waals surface area (Å²) in [5.41, 5.74) is 2.25. The van der Waals surface area contributed by atoms with Crippen LogP contribution in [0.3, 0.4) is 0 Å². The maximum Gasteiger partial charge on any atom is 0.255 e. The van der Waals surface area contributed by atoms with Crippen molar-refractivity contribution in [1.82, 2.24) is 0 Å². The van der Waals surface area contributed by atoms with Crippen molar-refractivity contribution >= 4 is 39.6 Å². The second-order valence-corrected chi connectivity index (χ2v) is 7.99. The number of carbonyl (C=O) groups is 2. The molecule has 0 aliphatic rings. The van der Waals surface area contributed by atoms with Crippen LogP contribution in [-0.4, -0.2) is 32.1 Å². The first-order chi connectivity index (χ1) is 17.0. The Bertz CT molecular complexity index is 1360. The van der Waals surface area contributed by atoms with Crippen molar-refractivity contribution in [2.24, 2.45) is 0 Å². The van der Waals surface area contributed by atoms with E-state index in [1.165, 1.54) is 14.2 Å². The summed E-state index contributed by atoms with van der Waals surface area (Å²) in [7, 11) is 3.04. The van der Waals surface area contributed by atoms with Gasteiger partial charge in [-0.25, -0.2) is 0 Å². The van der Waals surface area contributed by atoms with Gasteiger partial charge < -0.3 is 25.4 Å². The Balaban J connectivity index is 1.50. The van der Waals surface area contributed by atoms with Crippen molar-refractivity contribution in [3.8, 4) is 11.5 Å². The predicted octanol–water partition coefficient (Wildman–Crippen LogP) is 5.55. The highest BCUT2D eigenvalue weighted by Gasteiger charge is 2.19. The number of hydrogen-bond acceptors (Lipinski definition) is 5. The van der Waals surface area contributed by atoms with Crippen LogP contribution in [0.1, 0.15) is 17.3 Å². The molecule has 2 amide bonds. The van der Waals surface area contributed by atoms with E-state index >= 15 is 0 Å². The molecule has 1 atom stereocenters. The van der Waals surface area contributed by atoms with Crippen molar-refractivity contribution in [2.75, 3.05) is 30.2 Å². The van der Waals surface area contributed by atoms with Crippen LogP contribution in [0.25, 0.3) is 10.8 Å². The third kappa shape index (κ3) is 5.52. The number of rotatable bonds is 8. The molecule has 0 fully saturated rings. The Labute approximate surface area is 204 Å². The fourth-order valence-corrected chi connectivity index (χ4v) is 3.71. The Morgan fingerprint density at radius 2 is 1.34 bits per heavy atom. The van der Waals surface area contributed by atoms with Gasteiger partial charge in [0.2, 0.25) is 5.91 Å². The minimum absolute atomic E-state index is 0.206. The van der Waals surface area contributed by atoms with Gasteiger partial charge in [-0.1, -0.05) is 48.5 Å². The topological polar surface area (TPSA) is 88.7 Å². The van der Waals surface area contributed by atoms with E-state index in [1.54, 1.807) is 43.3 Å². The summed E-state index contributed by atoms with van der Waals surface area (Å²) >= 11 is 0. The fourth-order valence-electron chi connectivity index (χ4n) is 3.71. The molecule has 0 saturated heterocycles. The van der Waals surface area contributed by atoms with Gasteiger partial charge in [-0.15, -0.1) is 0 Å². The van der Waals surface area contributed by atoms with Crippen LogP contribution in [0.5, 0.6) is 11.5 Å². The lowest BCUT2D eigenvalue weighted by Crippen LogP contribution is -2.32. The first-order valence-corrected chi connectivity index (χ1v) is 11.2. The molecular formula is C28H27N3O4. The minimum Gasteiger partial charge on any atom is -0.495 e. The first-order valence-electron chi connectivity index (χ1n) is 11.2. The molecule has 0 bridgehead atoms. The van der Waals surface area contributed by atoms with E-state index in [2.05, 4.69) is 16.0 Å². The number of ether oxygens (including phenoxy) is 2. The maximum atomic E-state index is 12.9. The van der Waals surface area contributed by atoms with Crippen LogP contribution in [0.15, 0.2) is 84.9 Å². The molecule has 0 aromatic heterocycles. The van der Waals surface area contributed by atoms with Gasteiger partial charge in [0.1, 0.15) is 17.5 Å². The van der Waals surface area contributed by atoms with Gasteiger partial charge in [0.15, 0.2) is 0 Å². The van der Waals surface area contributed by atoms with Crippen LogP contribution in [0.2, 0.25) is 0 Å². The van der Waals surface area contributed by atoms with E-state index in [1.807, 2.05) is 48.5 Å². The van der Waals surface area contributed by atoms with Gasteiger partial charge in [0.05, 0.1) is 25.6 Å². The Kier molecular flexibility index (Phi) is 7.16. The molecule has 0 spiro atoms. The lowest BCUT2D eigenvalue weighted by Gasteiger charge is -2.20. The quantitative estimate of drug-likeness (QED) is 0.315. The summed E-state index contributed by atoms with van der Waals surface area (Å²) in [4.78, 5) is 25.5. The molecule has 4 rings (SSSR count). The van der Waals surface area contributed by atoms with E-state index in [0.717, 1.165) is 10.8 Å². The molecule has 0 heterocycles. The molecule has 0 aliphatic heterocycles. The number of anilines is 3. The van der Waals surface area contributed by atoms with Crippen LogP contribution in [0.4, 0.5) is 17.1 Å². The predicted molar refractivity (Wildman–Crippen MR) is 140 cm³/mol. The highest BCUT2D eigenvalue weighted by atomic mass is 16.5. The van der Waals surface area contributed by atoms with Crippen LogP contribution in [-0.2, 0) is 4.79 Å². The third-order valence-electron chi connectivity index (χ3n) is 5.59. The zero-order valence-electron chi connectivity index (χ0n) is 19.8. The standard InChI is InChI=1S/C28H27N3O4/c1-18(27(32)30-22-14-13-19-9-7-8-12-21(19)15-22)29-23-16-26(35-3)24(17-25(23)34-2)31-28(33)20-10-5-4-6-11-20/h4-18,29H,1-3H3,(H,30,32)(H,31,33). The molecule has 3 N–H and O–H groups in total. The highest BCUT2D eigenvalue weighted by molar-refractivity contribution is 6.05. The summed E-state index contributed by atoms with van der Waals surface area (Å²) in [6.45, 7) is 1.76. The van der Waals surface area contributed by atoms with E-state index in [-0.39, 0.29) is 11.8 Å². The maximum absolute atomic E-state index is 12.9. The number of carbonyl (C=O) groups excluding carboxylic acids is 2. The number of amides is 2. The number of methoxy groups -OCH3 is 2. The SMILES string of the molecule is COc1cc(NC(C)C(=O)Nc2ccc3ccccc3c2)c(OC)cc1NC(=O)c1ccccc1. The van der Waals surface area contributed by atoms with Crippen LogP contribution in [0, 0.1) is 0 Å². The molecule has 7 nitrogen and oxygen atoms in total. The molecule has 4 aromatic rings. The largest absolute Gasteiger partial charge is 0.495 e. The summed E-state index contributed by atoms with van der Waals surface area (Å²) < 4.78 is 11.0. The molecular weight excluding hydrogens is 442 g/mol. The minimum atomic E-state index is -0.579. The number of fused-ring (bicyclic) bond motifs is 1. The third-order valence-corrected chi connectivity index (χ3v) is 5.59. The van der Waals surface area contributed by atoms with Crippen molar-refractivity contribution in [2.45, 2.75) is 13.0 Å². The van der Waals surface area contributed by atoms with Crippen LogP contribution < -0.4 is 25.4 Å². The van der Waals surface area contributed by atoms with Gasteiger partial charge >= 0.3 is 0 Å². The zero-order valence-corrected chi connectivity index (χ0v) is 19.8.